The summed E-state index contributed by atoms with van der Waals surface area (Å²) in [5, 5.41) is 3.55. The lowest BCUT2D eigenvalue weighted by molar-refractivity contribution is 0.376. The Morgan fingerprint density at radius 1 is 1.11 bits per heavy atom. The number of ether oxygens (including phenoxy) is 1. The minimum atomic E-state index is 0.160. The Labute approximate surface area is 112 Å². The van der Waals surface area contributed by atoms with Crippen molar-refractivity contribution in [3.63, 3.8) is 0 Å². The van der Waals surface area contributed by atoms with Gasteiger partial charge in [-0.2, -0.15) is 0 Å². The SMILES string of the molecule is COc1cccc(C(C)(C)CCNC(C)(C)C)c1. The number of hydrogen-bond acceptors (Lipinski definition) is 2. The van der Waals surface area contributed by atoms with E-state index in [1.54, 1.807) is 7.11 Å². The van der Waals surface area contributed by atoms with E-state index in [2.05, 4.69) is 58.1 Å². The molecule has 0 unspecified atom stereocenters. The Balaban J connectivity index is 2.67. The van der Waals surface area contributed by atoms with Gasteiger partial charge in [0.1, 0.15) is 5.75 Å². The summed E-state index contributed by atoms with van der Waals surface area (Å²) in [7, 11) is 1.72. The van der Waals surface area contributed by atoms with Crippen LogP contribution in [0.3, 0.4) is 0 Å². The highest BCUT2D eigenvalue weighted by Gasteiger charge is 2.21. The Hall–Kier alpha value is -1.02. The van der Waals surface area contributed by atoms with Crippen LogP contribution < -0.4 is 10.1 Å². The molecular weight excluding hydrogens is 222 g/mol. The summed E-state index contributed by atoms with van der Waals surface area (Å²) >= 11 is 0. The highest BCUT2D eigenvalue weighted by atomic mass is 16.5. The first-order chi connectivity index (χ1) is 8.24. The highest BCUT2D eigenvalue weighted by Crippen LogP contribution is 2.29. The molecule has 0 bridgehead atoms. The molecule has 0 atom stereocenters. The molecule has 1 N–H and O–H groups in total. The topological polar surface area (TPSA) is 21.3 Å². The van der Waals surface area contributed by atoms with Gasteiger partial charge in [0.15, 0.2) is 0 Å². The van der Waals surface area contributed by atoms with Crippen LogP contribution in [0.1, 0.15) is 46.6 Å². The first kappa shape index (κ1) is 15.0. The summed E-state index contributed by atoms with van der Waals surface area (Å²) in [4.78, 5) is 0. The lowest BCUT2D eigenvalue weighted by atomic mass is 9.81. The molecule has 102 valence electrons. The van der Waals surface area contributed by atoms with Crippen LogP contribution in [0, 0.1) is 0 Å². The lowest BCUT2D eigenvalue weighted by Gasteiger charge is -2.28. The zero-order valence-electron chi connectivity index (χ0n) is 12.6. The van der Waals surface area contributed by atoms with E-state index in [0.717, 1.165) is 18.7 Å². The summed E-state index contributed by atoms with van der Waals surface area (Å²) in [6.45, 7) is 12.2. The maximum atomic E-state index is 5.29. The van der Waals surface area contributed by atoms with Crippen molar-refractivity contribution in [1.82, 2.24) is 5.32 Å². The zero-order chi connectivity index (χ0) is 13.8. The molecule has 0 aliphatic carbocycles. The molecule has 1 aromatic rings. The summed E-state index contributed by atoms with van der Waals surface area (Å²) in [5.41, 5.74) is 1.68. The molecule has 0 amide bonds. The van der Waals surface area contributed by atoms with E-state index in [-0.39, 0.29) is 11.0 Å². The van der Waals surface area contributed by atoms with Gasteiger partial charge < -0.3 is 10.1 Å². The number of rotatable bonds is 5. The molecule has 0 spiro atoms. The van der Waals surface area contributed by atoms with Gasteiger partial charge in [0.05, 0.1) is 7.11 Å². The summed E-state index contributed by atoms with van der Waals surface area (Å²) in [6, 6.07) is 8.37. The van der Waals surface area contributed by atoms with Crippen molar-refractivity contribution < 1.29 is 4.74 Å². The molecule has 1 aromatic carbocycles. The molecule has 18 heavy (non-hydrogen) atoms. The van der Waals surface area contributed by atoms with Gasteiger partial charge in [0.2, 0.25) is 0 Å². The fraction of sp³-hybridized carbons (Fsp3) is 0.625. The van der Waals surface area contributed by atoms with Crippen molar-refractivity contribution >= 4 is 0 Å². The van der Waals surface area contributed by atoms with Crippen molar-refractivity contribution in [2.24, 2.45) is 0 Å². The van der Waals surface area contributed by atoms with Gasteiger partial charge in [-0.3, -0.25) is 0 Å². The molecule has 2 heteroatoms. The molecule has 0 saturated heterocycles. The third-order valence-electron chi connectivity index (χ3n) is 3.26. The van der Waals surface area contributed by atoms with Crippen LogP contribution in [-0.2, 0) is 5.41 Å². The van der Waals surface area contributed by atoms with Crippen LogP contribution in [0.5, 0.6) is 5.75 Å². The van der Waals surface area contributed by atoms with Crippen LogP contribution in [0.25, 0.3) is 0 Å². The smallest absolute Gasteiger partial charge is 0.119 e. The summed E-state index contributed by atoms with van der Waals surface area (Å²) in [5.74, 6) is 0.935. The normalized spacial score (nSPS) is 12.6. The van der Waals surface area contributed by atoms with Gasteiger partial charge in [-0.05, 0) is 56.8 Å². The van der Waals surface area contributed by atoms with Gasteiger partial charge in [-0.25, -0.2) is 0 Å². The first-order valence-electron chi connectivity index (χ1n) is 6.64. The van der Waals surface area contributed by atoms with Crippen LogP contribution in [0.4, 0.5) is 0 Å². The second-order valence-electron chi connectivity index (χ2n) is 6.54. The number of nitrogens with one attached hydrogen (secondary N) is 1. The van der Waals surface area contributed by atoms with E-state index in [9.17, 15) is 0 Å². The predicted molar refractivity (Wildman–Crippen MR) is 78.4 cm³/mol. The zero-order valence-corrected chi connectivity index (χ0v) is 12.6. The van der Waals surface area contributed by atoms with Crippen LogP contribution in [0.15, 0.2) is 24.3 Å². The molecule has 0 heterocycles. The van der Waals surface area contributed by atoms with Crippen molar-refractivity contribution in [3.05, 3.63) is 29.8 Å². The molecule has 0 aliphatic heterocycles. The molecule has 1 rings (SSSR count). The maximum absolute atomic E-state index is 5.29. The van der Waals surface area contributed by atoms with E-state index in [0.29, 0.717) is 0 Å². The second-order valence-corrected chi connectivity index (χ2v) is 6.54. The van der Waals surface area contributed by atoms with E-state index in [4.69, 9.17) is 4.74 Å². The second kappa shape index (κ2) is 5.75. The minimum absolute atomic E-state index is 0.160. The molecule has 0 fully saturated rings. The monoisotopic (exact) mass is 249 g/mol. The van der Waals surface area contributed by atoms with Gasteiger partial charge in [0, 0.05) is 5.54 Å². The first-order valence-corrected chi connectivity index (χ1v) is 6.64. The van der Waals surface area contributed by atoms with Crippen molar-refractivity contribution in [1.29, 1.82) is 0 Å². The van der Waals surface area contributed by atoms with Crippen LogP contribution >= 0.6 is 0 Å². The number of hydrogen-bond donors (Lipinski definition) is 1. The van der Waals surface area contributed by atoms with E-state index >= 15 is 0 Å². The van der Waals surface area contributed by atoms with Gasteiger partial charge >= 0.3 is 0 Å². The van der Waals surface area contributed by atoms with Crippen LogP contribution in [-0.4, -0.2) is 19.2 Å². The quantitative estimate of drug-likeness (QED) is 0.858. The third-order valence-corrected chi connectivity index (χ3v) is 3.26. The van der Waals surface area contributed by atoms with E-state index < -0.39 is 0 Å². The van der Waals surface area contributed by atoms with Crippen molar-refractivity contribution in [3.8, 4) is 5.75 Å². The molecule has 0 saturated carbocycles. The van der Waals surface area contributed by atoms with Crippen LogP contribution in [0.2, 0.25) is 0 Å². The fourth-order valence-corrected chi connectivity index (χ4v) is 1.94. The van der Waals surface area contributed by atoms with Gasteiger partial charge in [-0.15, -0.1) is 0 Å². The standard InChI is InChI=1S/C16H27NO/c1-15(2,3)17-11-10-16(4,5)13-8-7-9-14(12-13)18-6/h7-9,12,17H,10-11H2,1-6H3. The maximum Gasteiger partial charge on any atom is 0.119 e. The van der Waals surface area contributed by atoms with Crippen molar-refractivity contribution in [2.45, 2.75) is 52.0 Å². The number of benzene rings is 1. The Morgan fingerprint density at radius 2 is 1.78 bits per heavy atom. The lowest BCUT2D eigenvalue weighted by Crippen LogP contribution is -2.38. The van der Waals surface area contributed by atoms with Crippen molar-refractivity contribution in [2.75, 3.05) is 13.7 Å². The summed E-state index contributed by atoms with van der Waals surface area (Å²) in [6.07, 6.45) is 1.11. The molecule has 2 nitrogen and oxygen atoms in total. The summed E-state index contributed by atoms with van der Waals surface area (Å²) < 4.78 is 5.29. The Bertz CT molecular complexity index is 377. The highest BCUT2D eigenvalue weighted by molar-refractivity contribution is 5.33. The molecule has 0 radical (unpaired) electrons. The third kappa shape index (κ3) is 4.69. The predicted octanol–water partition coefficient (Wildman–Crippen LogP) is 3.75. The van der Waals surface area contributed by atoms with E-state index in [1.807, 2.05) is 6.07 Å². The molecular formula is C16H27NO. The molecule has 0 aromatic heterocycles. The molecule has 0 aliphatic rings. The average molecular weight is 249 g/mol. The van der Waals surface area contributed by atoms with E-state index in [1.165, 1.54) is 5.56 Å². The Morgan fingerprint density at radius 3 is 2.33 bits per heavy atom. The van der Waals surface area contributed by atoms with Gasteiger partial charge in [-0.1, -0.05) is 26.0 Å². The largest absolute Gasteiger partial charge is 0.497 e. The van der Waals surface area contributed by atoms with Gasteiger partial charge in [0.25, 0.3) is 0 Å². The average Bonchev–Trinajstić information content (AvgIpc) is 2.27. The minimum Gasteiger partial charge on any atom is -0.497 e. The Kier molecular flexibility index (Phi) is 4.80. The number of methoxy groups -OCH3 is 1. The fourth-order valence-electron chi connectivity index (χ4n) is 1.94.